The van der Waals surface area contributed by atoms with Gasteiger partial charge in [-0.3, -0.25) is 10.2 Å². The minimum Gasteiger partial charge on any atom is -0.496 e. The maximum Gasteiger partial charge on any atom is 0.261 e. The second-order valence-electron chi connectivity index (χ2n) is 4.25. The molecular formula is C14H14ClN3O2. The fourth-order valence-electron chi connectivity index (χ4n) is 1.99. The largest absolute Gasteiger partial charge is 0.496 e. The highest BCUT2D eigenvalue weighted by Crippen LogP contribution is 2.31. The summed E-state index contributed by atoms with van der Waals surface area (Å²) >= 11 is 6.00. The maximum atomic E-state index is 12.2. The van der Waals surface area contributed by atoms with Crippen LogP contribution in [0.15, 0.2) is 35.1 Å². The minimum absolute atomic E-state index is 0.164. The van der Waals surface area contributed by atoms with Crippen molar-refractivity contribution in [3.05, 3.63) is 51.3 Å². The number of hydrogen-bond acceptors (Lipinski definition) is 3. The van der Waals surface area contributed by atoms with Crippen LogP contribution in [0.3, 0.4) is 0 Å². The van der Waals surface area contributed by atoms with E-state index in [1.807, 2.05) is 0 Å². The summed E-state index contributed by atoms with van der Waals surface area (Å²) in [6.07, 6.45) is 0. The second-order valence-corrected chi connectivity index (χ2v) is 4.69. The van der Waals surface area contributed by atoms with Crippen molar-refractivity contribution in [3.63, 3.8) is 0 Å². The van der Waals surface area contributed by atoms with Crippen LogP contribution in [0, 0.1) is 5.41 Å². The van der Waals surface area contributed by atoms with Crippen LogP contribution in [0.2, 0.25) is 5.02 Å². The van der Waals surface area contributed by atoms with Crippen molar-refractivity contribution in [3.8, 4) is 17.0 Å². The van der Waals surface area contributed by atoms with E-state index in [1.54, 1.807) is 38.4 Å². The van der Waals surface area contributed by atoms with Gasteiger partial charge in [-0.15, -0.1) is 0 Å². The highest BCUT2D eigenvalue weighted by molar-refractivity contribution is 6.31. The summed E-state index contributed by atoms with van der Waals surface area (Å²) in [5.74, 6) is 0.357. The fraction of sp³-hybridized carbons (Fsp3) is 0.143. The van der Waals surface area contributed by atoms with Crippen LogP contribution in [0.1, 0.15) is 5.56 Å². The van der Waals surface area contributed by atoms with E-state index in [-0.39, 0.29) is 17.0 Å². The Morgan fingerprint density at radius 3 is 2.65 bits per heavy atom. The summed E-state index contributed by atoms with van der Waals surface area (Å²) in [6.45, 7) is 0. The lowest BCUT2D eigenvalue weighted by Crippen LogP contribution is -2.28. The molecule has 104 valence electrons. The average molecular weight is 292 g/mol. The number of methoxy groups -OCH3 is 1. The van der Waals surface area contributed by atoms with Gasteiger partial charge in [0, 0.05) is 17.6 Å². The molecule has 0 bridgehead atoms. The van der Waals surface area contributed by atoms with Crippen LogP contribution in [-0.2, 0) is 7.05 Å². The van der Waals surface area contributed by atoms with Gasteiger partial charge >= 0.3 is 0 Å². The van der Waals surface area contributed by atoms with Gasteiger partial charge in [0.15, 0.2) is 0 Å². The highest BCUT2D eigenvalue weighted by atomic mass is 35.5. The normalized spacial score (nSPS) is 10.3. The Labute approximate surface area is 121 Å². The molecule has 0 fully saturated rings. The zero-order valence-corrected chi connectivity index (χ0v) is 11.9. The van der Waals surface area contributed by atoms with E-state index in [1.165, 1.54) is 10.6 Å². The number of aromatic nitrogens is 1. The first-order chi connectivity index (χ1) is 9.45. The molecule has 1 aromatic carbocycles. The Bertz CT molecular complexity index is 738. The van der Waals surface area contributed by atoms with E-state index in [2.05, 4.69) is 0 Å². The van der Waals surface area contributed by atoms with Crippen molar-refractivity contribution in [1.29, 1.82) is 5.41 Å². The Balaban J connectivity index is 2.72. The lowest BCUT2D eigenvalue weighted by Gasteiger charge is -2.13. The van der Waals surface area contributed by atoms with Crippen LogP contribution in [-0.4, -0.2) is 17.5 Å². The van der Waals surface area contributed by atoms with Crippen molar-refractivity contribution in [2.45, 2.75) is 0 Å². The number of benzene rings is 1. The zero-order chi connectivity index (χ0) is 14.9. The Morgan fingerprint density at radius 1 is 1.35 bits per heavy atom. The molecule has 0 saturated carbocycles. The number of nitrogens with two attached hydrogens (primary N) is 1. The number of nitrogen functional groups attached to an aromatic ring is 1. The third-order valence-corrected chi connectivity index (χ3v) is 3.27. The molecule has 0 unspecified atom stereocenters. The topological polar surface area (TPSA) is 81.1 Å². The number of hydrogen-bond donors (Lipinski definition) is 2. The van der Waals surface area contributed by atoms with Crippen LogP contribution in [0.4, 0.5) is 0 Å². The average Bonchev–Trinajstić information content (AvgIpc) is 2.41. The fourth-order valence-corrected chi connectivity index (χ4v) is 2.16. The van der Waals surface area contributed by atoms with E-state index in [4.69, 9.17) is 27.5 Å². The summed E-state index contributed by atoms with van der Waals surface area (Å²) in [5, 5.41) is 7.92. The third kappa shape index (κ3) is 2.40. The number of amidine groups is 1. The molecule has 0 saturated heterocycles. The smallest absolute Gasteiger partial charge is 0.261 e. The molecule has 2 aromatic rings. The number of nitrogens with zero attached hydrogens (tertiary/aromatic N) is 1. The molecule has 1 aromatic heterocycles. The third-order valence-electron chi connectivity index (χ3n) is 3.03. The molecule has 0 aliphatic heterocycles. The highest BCUT2D eigenvalue weighted by Gasteiger charge is 2.13. The van der Waals surface area contributed by atoms with E-state index in [0.29, 0.717) is 22.0 Å². The van der Waals surface area contributed by atoms with Gasteiger partial charge in [0.05, 0.1) is 18.4 Å². The number of pyridine rings is 1. The van der Waals surface area contributed by atoms with Crippen molar-refractivity contribution in [2.24, 2.45) is 12.8 Å². The van der Waals surface area contributed by atoms with Crippen molar-refractivity contribution >= 4 is 17.4 Å². The molecule has 0 aliphatic carbocycles. The van der Waals surface area contributed by atoms with Gasteiger partial charge in [0.1, 0.15) is 11.6 Å². The van der Waals surface area contributed by atoms with Gasteiger partial charge in [-0.25, -0.2) is 0 Å². The van der Waals surface area contributed by atoms with Gasteiger partial charge in [0.25, 0.3) is 5.56 Å². The standard InChI is InChI=1S/C14H14ClN3O2/c1-18-11(5-4-9(13(16)17)14(18)19)10-7-8(15)3-6-12(10)20-2/h3-7H,1-2H3,(H3,16,17). The van der Waals surface area contributed by atoms with E-state index in [0.717, 1.165) is 0 Å². The molecule has 5 nitrogen and oxygen atoms in total. The molecule has 0 aliphatic rings. The Hall–Kier alpha value is -2.27. The van der Waals surface area contributed by atoms with Crippen LogP contribution < -0.4 is 16.0 Å². The predicted molar refractivity (Wildman–Crippen MR) is 79.7 cm³/mol. The summed E-state index contributed by atoms with van der Waals surface area (Å²) in [5.41, 5.74) is 6.55. The van der Waals surface area contributed by atoms with Gasteiger partial charge in [-0.2, -0.15) is 0 Å². The number of rotatable bonds is 3. The number of halogens is 1. The molecular weight excluding hydrogens is 278 g/mol. The molecule has 20 heavy (non-hydrogen) atoms. The minimum atomic E-state index is -0.336. The van der Waals surface area contributed by atoms with Crippen molar-refractivity contribution in [1.82, 2.24) is 4.57 Å². The predicted octanol–water partition coefficient (Wildman–Crippen LogP) is 2.00. The van der Waals surface area contributed by atoms with Crippen LogP contribution in [0.25, 0.3) is 11.3 Å². The Kier molecular flexibility index (Phi) is 3.81. The maximum absolute atomic E-state index is 12.2. The quantitative estimate of drug-likeness (QED) is 0.670. The van der Waals surface area contributed by atoms with Crippen LogP contribution in [0.5, 0.6) is 5.75 Å². The lowest BCUT2D eigenvalue weighted by molar-refractivity contribution is 0.416. The summed E-state index contributed by atoms with van der Waals surface area (Å²) in [4.78, 5) is 12.2. The number of nitrogens with one attached hydrogen (secondary N) is 1. The first kappa shape index (κ1) is 14.1. The lowest BCUT2D eigenvalue weighted by atomic mass is 10.1. The monoisotopic (exact) mass is 291 g/mol. The van der Waals surface area contributed by atoms with E-state index in [9.17, 15) is 4.79 Å². The van der Waals surface area contributed by atoms with Gasteiger partial charge in [-0.05, 0) is 30.3 Å². The van der Waals surface area contributed by atoms with Gasteiger partial charge in [-0.1, -0.05) is 11.6 Å². The van der Waals surface area contributed by atoms with Gasteiger partial charge < -0.3 is 15.0 Å². The Morgan fingerprint density at radius 2 is 2.05 bits per heavy atom. The molecule has 6 heteroatoms. The number of ether oxygens (including phenoxy) is 1. The second kappa shape index (κ2) is 5.38. The molecule has 0 atom stereocenters. The van der Waals surface area contributed by atoms with E-state index >= 15 is 0 Å². The van der Waals surface area contributed by atoms with E-state index < -0.39 is 0 Å². The summed E-state index contributed by atoms with van der Waals surface area (Å²) in [7, 11) is 3.17. The first-order valence-corrected chi connectivity index (χ1v) is 6.22. The van der Waals surface area contributed by atoms with Crippen LogP contribution >= 0.6 is 11.6 Å². The molecule has 0 amide bonds. The zero-order valence-electron chi connectivity index (χ0n) is 11.1. The molecule has 2 rings (SSSR count). The van der Waals surface area contributed by atoms with Gasteiger partial charge in [0.2, 0.25) is 0 Å². The molecule has 3 N–H and O–H groups in total. The molecule has 0 spiro atoms. The molecule has 1 heterocycles. The van der Waals surface area contributed by atoms with Crippen molar-refractivity contribution < 1.29 is 4.74 Å². The first-order valence-electron chi connectivity index (χ1n) is 5.84. The SMILES string of the molecule is COc1ccc(Cl)cc1-c1ccc(C(=N)N)c(=O)n1C. The van der Waals surface area contributed by atoms with Crippen molar-refractivity contribution in [2.75, 3.05) is 7.11 Å². The summed E-state index contributed by atoms with van der Waals surface area (Å²) < 4.78 is 6.71. The summed E-state index contributed by atoms with van der Waals surface area (Å²) in [6, 6.07) is 8.42. The molecule has 0 radical (unpaired) electrons.